The molecule has 1 aliphatic carbocycles. The third kappa shape index (κ3) is 3.97. The second kappa shape index (κ2) is 7.06. The number of alkyl halides is 3. The highest BCUT2D eigenvalue weighted by molar-refractivity contribution is 6.13. The second-order valence-electron chi connectivity index (χ2n) is 6.69. The van der Waals surface area contributed by atoms with Gasteiger partial charge in [-0.25, -0.2) is 0 Å². The molecule has 0 saturated heterocycles. The maximum absolute atomic E-state index is 13.1. The normalized spacial score (nSPS) is 15.1. The van der Waals surface area contributed by atoms with Crippen LogP contribution in [0.4, 0.5) is 18.9 Å². The highest BCUT2D eigenvalue weighted by atomic mass is 19.4. The van der Waals surface area contributed by atoms with Crippen molar-refractivity contribution in [3.05, 3.63) is 65.2 Å². The van der Waals surface area contributed by atoms with Crippen LogP contribution in [0.2, 0.25) is 0 Å². The highest BCUT2D eigenvalue weighted by Gasteiger charge is 2.56. The summed E-state index contributed by atoms with van der Waals surface area (Å²) in [6, 6.07) is 12.2. The Bertz CT molecular complexity index is 874. The van der Waals surface area contributed by atoms with Crippen LogP contribution in [0.15, 0.2) is 48.5 Å². The van der Waals surface area contributed by atoms with E-state index in [4.69, 9.17) is 0 Å². The molecule has 0 bridgehead atoms. The zero-order valence-corrected chi connectivity index (χ0v) is 14.7. The van der Waals surface area contributed by atoms with Gasteiger partial charge in [-0.1, -0.05) is 36.4 Å². The fourth-order valence-corrected chi connectivity index (χ4v) is 2.92. The molecule has 4 nitrogen and oxygen atoms in total. The van der Waals surface area contributed by atoms with Gasteiger partial charge in [0.15, 0.2) is 0 Å². The number of aryl methyl sites for hydroxylation is 1. The largest absolute Gasteiger partial charge is 0.418 e. The molecule has 0 spiro atoms. The van der Waals surface area contributed by atoms with Crippen molar-refractivity contribution in [2.24, 2.45) is 5.41 Å². The molecular formula is C20H19F3N2O2. The first kappa shape index (κ1) is 18.9. The molecule has 2 amide bonds. The predicted molar refractivity (Wildman–Crippen MR) is 94.8 cm³/mol. The molecular weight excluding hydrogens is 357 g/mol. The number of anilines is 1. The Morgan fingerprint density at radius 1 is 1.00 bits per heavy atom. The third-order valence-corrected chi connectivity index (χ3v) is 4.80. The Kier molecular flexibility index (Phi) is 4.95. The van der Waals surface area contributed by atoms with Crippen molar-refractivity contribution in [1.82, 2.24) is 5.32 Å². The lowest BCUT2D eigenvalue weighted by molar-refractivity contribution is -0.137. The van der Waals surface area contributed by atoms with Gasteiger partial charge < -0.3 is 10.6 Å². The maximum atomic E-state index is 13.1. The minimum Gasteiger partial charge on any atom is -0.351 e. The van der Waals surface area contributed by atoms with Gasteiger partial charge in [0, 0.05) is 6.54 Å². The minimum absolute atomic E-state index is 0.264. The number of benzene rings is 2. The van der Waals surface area contributed by atoms with Crippen LogP contribution >= 0.6 is 0 Å². The van der Waals surface area contributed by atoms with E-state index in [0.717, 1.165) is 17.2 Å². The molecule has 1 saturated carbocycles. The lowest BCUT2D eigenvalue weighted by Gasteiger charge is -2.18. The van der Waals surface area contributed by atoms with Crippen molar-refractivity contribution < 1.29 is 22.8 Å². The van der Waals surface area contributed by atoms with Gasteiger partial charge in [-0.2, -0.15) is 13.2 Å². The van der Waals surface area contributed by atoms with Crippen LogP contribution in [0.25, 0.3) is 0 Å². The lowest BCUT2D eigenvalue weighted by Crippen LogP contribution is -2.40. The molecule has 2 aromatic rings. The van der Waals surface area contributed by atoms with Crippen molar-refractivity contribution in [1.29, 1.82) is 0 Å². The molecule has 2 aromatic carbocycles. The van der Waals surface area contributed by atoms with Gasteiger partial charge in [-0.3, -0.25) is 9.59 Å². The maximum Gasteiger partial charge on any atom is 0.418 e. The molecule has 3 rings (SSSR count). The molecule has 1 fully saturated rings. The van der Waals surface area contributed by atoms with Crippen LogP contribution in [-0.2, 0) is 22.3 Å². The quantitative estimate of drug-likeness (QED) is 0.774. The summed E-state index contributed by atoms with van der Waals surface area (Å²) in [5, 5.41) is 5.02. The van der Waals surface area contributed by atoms with Gasteiger partial charge in [-0.05, 0) is 43.0 Å². The van der Waals surface area contributed by atoms with Crippen molar-refractivity contribution in [2.75, 3.05) is 5.32 Å². The molecule has 0 aliphatic heterocycles. The minimum atomic E-state index is -4.59. The monoisotopic (exact) mass is 376 g/mol. The van der Waals surface area contributed by atoms with E-state index < -0.39 is 29.0 Å². The summed E-state index contributed by atoms with van der Waals surface area (Å²) in [7, 11) is 0. The Balaban J connectivity index is 1.70. The fraction of sp³-hybridized carbons (Fsp3) is 0.300. The Morgan fingerprint density at radius 2 is 1.63 bits per heavy atom. The van der Waals surface area contributed by atoms with Crippen LogP contribution in [0.1, 0.15) is 29.5 Å². The summed E-state index contributed by atoms with van der Waals surface area (Å²) in [6.45, 7) is 2.18. The number of hydrogen-bond acceptors (Lipinski definition) is 2. The molecule has 0 unspecified atom stereocenters. The van der Waals surface area contributed by atoms with Crippen LogP contribution in [0.3, 0.4) is 0 Å². The molecule has 7 heteroatoms. The average Bonchev–Trinajstić information content (AvgIpc) is 3.42. The van der Waals surface area contributed by atoms with Crippen molar-refractivity contribution in [3.8, 4) is 0 Å². The number of nitrogens with one attached hydrogen (secondary N) is 2. The molecule has 2 N–H and O–H groups in total. The molecule has 0 radical (unpaired) electrons. The van der Waals surface area contributed by atoms with E-state index in [9.17, 15) is 22.8 Å². The molecule has 1 aliphatic rings. The van der Waals surface area contributed by atoms with Crippen LogP contribution in [0.5, 0.6) is 0 Å². The number of halogens is 3. The average molecular weight is 376 g/mol. The molecule has 0 aromatic heterocycles. The van der Waals surface area contributed by atoms with Crippen molar-refractivity contribution in [3.63, 3.8) is 0 Å². The summed E-state index contributed by atoms with van der Waals surface area (Å²) < 4.78 is 39.3. The summed E-state index contributed by atoms with van der Waals surface area (Å²) in [4.78, 5) is 25.1. The van der Waals surface area contributed by atoms with Crippen molar-refractivity contribution in [2.45, 2.75) is 32.5 Å². The SMILES string of the molecule is Cc1ccccc1CNC(=O)C1(C(=O)Nc2ccccc2C(F)(F)F)CC1. The topological polar surface area (TPSA) is 58.2 Å². The van der Waals surface area contributed by atoms with E-state index in [2.05, 4.69) is 10.6 Å². The van der Waals surface area contributed by atoms with Gasteiger partial charge in [-0.15, -0.1) is 0 Å². The smallest absolute Gasteiger partial charge is 0.351 e. The third-order valence-electron chi connectivity index (χ3n) is 4.80. The highest BCUT2D eigenvalue weighted by Crippen LogP contribution is 2.47. The molecule has 142 valence electrons. The van der Waals surface area contributed by atoms with Gasteiger partial charge in [0.25, 0.3) is 0 Å². The number of carbonyl (C=O) groups excluding carboxylic acids is 2. The zero-order valence-electron chi connectivity index (χ0n) is 14.7. The van der Waals surface area contributed by atoms with Gasteiger partial charge in [0.1, 0.15) is 5.41 Å². The van der Waals surface area contributed by atoms with E-state index in [0.29, 0.717) is 12.8 Å². The van der Waals surface area contributed by atoms with Gasteiger partial charge in [0.05, 0.1) is 11.3 Å². The Morgan fingerprint density at radius 3 is 2.26 bits per heavy atom. The van der Waals surface area contributed by atoms with Gasteiger partial charge >= 0.3 is 6.18 Å². The van der Waals surface area contributed by atoms with E-state index in [1.165, 1.54) is 18.2 Å². The number of amides is 2. The molecule has 0 atom stereocenters. The second-order valence-corrected chi connectivity index (χ2v) is 6.69. The van der Waals surface area contributed by atoms with Crippen LogP contribution < -0.4 is 10.6 Å². The lowest BCUT2D eigenvalue weighted by atomic mass is 10.0. The van der Waals surface area contributed by atoms with E-state index in [1.54, 1.807) is 0 Å². The summed E-state index contributed by atoms with van der Waals surface area (Å²) >= 11 is 0. The number of para-hydroxylation sites is 1. The first-order valence-electron chi connectivity index (χ1n) is 8.54. The first-order chi connectivity index (χ1) is 12.7. The van der Waals surface area contributed by atoms with Crippen molar-refractivity contribution >= 4 is 17.5 Å². The Hall–Kier alpha value is -2.83. The zero-order chi connectivity index (χ0) is 19.7. The van der Waals surface area contributed by atoms with E-state index >= 15 is 0 Å². The standard InChI is InChI=1S/C20H19F3N2O2/c1-13-6-2-3-7-14(13)12-24-17(26)19(10-11-19)18(27)25-16-9-5-4-8-15(16)20(21,22)23/h2-9H,10-12H2,1H3,(H,24,26)(H,25,27). The van der Waals surface area contributed by atoms with E-state index in [1.807, 2.05) is 31.2 Å². The van der Waals surface area contributed by atoms with Crippen LogP contribution in [0, 0.1) is 12.3 Å². The molecule has 0 heterocycles. The van der Waals surface area contributed by atoms with Crippen LogP contribution in [-0.4, -0.2) is 11.8 Å². The van der Waals surface area contributed by atoms with Gasteiger partial charge in [0.2, 0.25) is 11.8 Å². The van der Waals surface area contributed by atoms with E-state index in [-0.39, 0.29) is 12.2 Å². The fourth-order valence-electron chi connectivity index (χ4n) is 2.92. The predicted octanol–water partition coefficient (Wildman–Crippen LogP) is 4.05. The first-order valence-corrected chi connectivity index (χ1v) is 8.54. The molecule has 27 heavy (non-hydrogen) atoms. The number of hydrogen-bond donors (Lipinski definition) is 2. The summed E-state index contributed by atoms with van der Waals surface area (Å²) in [5.74, 6) is -1.17. The number of rotatable bonds is 5. The Labute approximate surface area is 154 Å². The summed E-state index contributed by atoms with van der Waals surface area (Å²) in [5.41, 5.74) is -0.653. The summed E-state index contributed by atoms with van der Waals surface area (Å²) in [6.07, 6.45) is -3.97. The number of carbonyl (C=O) groups is 2.